The standard InChI is InChI=1S/C65H43NS/c1-3-24-48(25-4-1)65(49-26-5-2-6-27-49)60-36-12-9-30-55(60)56-40-39-51(43-61(56)65)66(62-37-13-10-31-57(62)54-34-17-20-44-19-7-8-29-52(44)54)50-28-16-22-46(42-50)45-21-15-23-47(41-45)53-33-18-35-59-58-32-11-14-38-63(58)67-64(53)59/h1-43H. The van der Waals surface area contributed by atoms with E-state index in [1.165, 1.54) is 92.1 Å². The van der Waals surface area contributed by atoms with Gasteiger partial charge in [-0.2, -0.15) is 0 Å². The van der Waals surface area contributed by atoms with Crippen LogP contribution < -0.4 is 4.90 Å². The SMILES string of the molecule is c1ccc(C2(c3ccccc3)c3ccccc3-c3ccc(N(c4cccc(-c5cccc(-c6cccc7c6sc6ccccc67)c5)c4)c4ccccc4-c4cccc5ccccc45)cc32)cc1. The first-order valence-electron chi connectivity index (χ1n) is 23.1. The fourth-order valence-electron chi connectivity index (χ4n) is 11.0. The molecule has 0 saturated heterocycles. The smallest absolute Gasteiger partial charge is 0.0714 e. The maximum atomic E-state index is 2.49. The number of benzene rings is 11. The van der Waals surface area contributed by atoms with Crippen molar-refractivity contribution in [1.82, 2.24) is 0 Å². The van der Waals surface area contributed by atoms with Crippen LogP contribution in [0, 0.1) is 0 Å². The van der Waals surface area contributed by atoms with Gasteiger partial charge in [0.2, 0.25) is 0 Å². The van der Waals surface area contributed by atoms with Crippen LogP contribution in [0.15, 0.2) is 261 Å². The fourth-order valence-corrected chi connectivity index (χ4v) is 12.3. The van der Waals surface area contributed by atoms with E-state index in [9.17, 15) is 0 Å². The summed E-state index contributed by atoms with van der Waals surface area (Å²) < 4.78 is 2.64. The van der Waals surface area contributed by atoms with E-state index < -0.39 is 5.41 Å². The van der Waals surface area contributed by atoms with Gasteiger partial charge < -0.3 is 4.90 Å². The average molecular weight is 870 g/mol. The molecule has 13 rings (SSSR count). The third-order valence-electron chi connectivity index (χ3n) is 13.9. The van der Waals surface area contributed by atoms with E-state index in [1.807, 2.05) is 11.3 Å². The normalized spacial score (nSPS) is 12.6. The van der Waals surface area contributed by atoms with Gasteiger partial charge in [-0.25, -0.2) is 0 Å². The van der Waals surface area contributed by atoms with Gasteiger partial charge in [0.15, 0.2) is 0 Å². The van der Waals surface area contributed by atoms with E-state index in [2.05, 4.69) is 266 Å². The van der Waals surface area contributed by atoms with Gasteiger partial charge in [0, 0.05) is 37.1 Å². The van der Waals surface area contributed by atoms with Gasteiger partial charge in [0.05, 0.1) is 11.1 Å². The van der Waals surface area contributed by atoms with E-state index in [0.717, 1.165) is 22.6 Å². The predicted molar refractivity (Wildman–Crippen MR) is 285 cm³/mol. The predicted octanol–water partition coefficient (Wildman–Crippen LogP) is 18.0. The van der Waals surface area contributed by atoms with E-state index in [-0.39, 0.29) is 0 Å². The molecular formula is C65H43NS. The molecule has 0 atom stereocenters. The van der Waals surface area contributed by atoms with Crippen LogP contribution in [0.2, 0.25) is 0 Å². The molecule has 1 heterocycles. The van der Waals surface area contributed by atoms with Crippen molar-refractivity contribution in [2.24, 2.45) is 0 Å². The number of thiophene rings is 1. The van der Waals surface area contributed by atoms with E-state index in [1.54, 1.807) is 0 Å². The van der Waals surface area contributed by atoms with Crippen molar-refractivity contribution < 1.29 is 0 Å². The maximum Gasteiger partial charge on any atom is 0.0714 e. The Labute approximate surface area is 395 Å². The van der Waals surface area contributed by atoms with Crippen LogP contribution in [0.3, 0.4) is 0 Å². The zero-order valence-electron chi connectivity index (χ0n) is 36.7. The molecule has 1 nitrogen and oxygen atoms in total. The topological polar surface area (TPSA) is 3.24 Å². The monoisotopic (exact) mass is 869 g/mol. The van der Waals surface area contributed by atoms with E-state index >= 15 is 0 Å². The number of hydrogen-bond donors (Lipinski definition) is 0. The van der Waals surface area contributed by atoms with E-state index in [0.29, 0.717) is 0 Å². The molecule has 1 aromatic heterocycles. The molecule has 0 bridgehead atoms. The summed E-state index contributed by atoms with van der Waals surface area (Å²) in [6.07, 6.45) is 0. The molecule has 0 saturated carbocycles. The Bertz CT molecular complexity index is 3780. The van der Waals surface area contributed by atoms with Crippen molar-refractivity contribution in [2.45, 2.75) is 5.41 Å². The lowest BCUT2D eigenvalue weighted by Crippen LogP contribution is -2.28. The Balaban J connectivity index is 1.03. The summed E-state index contributed by atoms with van der Waals surface area (Å²) in [4.78, 5) is 2.49. The molecule has 12 aromatic rings. The first-order valence-corrected chi connectivity index (χ1v) is 23.9. The van der Waals surface area contributed by atoms with Crippen molar-refractivity contribution in [3.05, 3.63) is 283 Å². The van der Waals surface area contributed by atoms with Crippen LogP contribution >= 0.6 is 11.3 Å². The zero-order chi connectivity index (χ0) is 44.3. The summed E-state index contributed by atoms with van der Waals surface area (Å²) in [5.74, 6) is 0. The third kappa shape index (κ3) is 6.29. The fraction of sp³-hybridized carbons (Fsp3) is 0.0154. The van der Waals surface area contributed by atoms with Crippen molar-refractivity contribution >= 4 is 59.3 Å². The number of fused-ring (bicyclic) bond motifs is 7. The number of anilines is 3. The van der Waals surface area contributed by atoms with Gasteiger partial charge in [-0.3, -0.25) is 0 Å². The van der Waals surface area contributed by atoms with Gasteiger partial charge in [0.1, 0.15) is 0 Å². The number of nitrogens with zero attached hydrogens (tertiary/aromatic N) is 1. The van der Waals surface area contributed by atoms with Crippen LogP contribution in [-0.4, -0.2) is 0 Å². The minimum atomic E-state index is -0.537. The zero-order valence-corrected chi connectivity index (χ0v) is 37.5. The Morgan fingerprint density at radius 1 is 0.313 bits per heavy atom. The molecule has 0 radical (unpaired) electrons. The molecule has 314 valence electrons. The second-order valence-corrected chi connectivity index (χ2v) is 18.6. The molecule has 0 spiro atoms. The van der Waals surface area contributed by atoms with Gasteiger partial charge in [-0.1, -0.05) is 218 Å². The average Bonchev–Trinajstić information content (AvgIpc) is 3.93. The third-order valence-corrected chi connectivity index (χ3v) is 15.2. The van der Waals surface area contributed by atoms with Crippen molar-refractivity contribution in [2.75, 3.05) is 4.90 Å². The first kappa shape index (κ1) is 39.1. The molecule has 67 heavy (non-hydrogen) atoms. The van der Waals surface area contributed by atoms with Crippen LogP contribution in [0.4, 0.5) is 17.1 Å². The molecule has 1 aliphatic carbocycles. The molecule has 0 fully saturated rings. The molecule has 0 N–H and O–H groups in total. The first-order chi connectivity index (χ1) is 33.2. The van der Waals surface area contributed by atoms with Crippen molar-refractivity contribution in [3.63, 3.8) is 0 Å². The van der Waals surface area contributed by atoms with E-state index in [4.69, 9.17) is 0 Å². The molecule has 1 aliphatic rings. The molecule has 0 unspecified atom stereocenters. The van der Waals surface area contributed by atoms with Crippen LogP contribution in [0.5, 0.6) is 0 Å². The lowest BCUT2D eigenvalue weighted by Gasteiger charge is -2.35. The highest BCUT2D eigenvalue weighted by Gasteiger charge is 2.46. The second kappa shape index (κ2) is 16.0. The summed E-state index contributed by atoms with van der Waals surface area (Å²) in [7, 11) is 0. The number of rotatable bonds is 8. The molecule has 11 aromatic carbocycles. The Morgan fingerprint density at radius 3 is 1.70 bits per heavy atom. The lowest BCUT2D eigenvalue weighted by atomic mass is 9.67. The van der Waals surface area contributed by atoms with Gasteiger partial charge >= 0.3 is 0 Å². The van der Waals surface area contributed by atoms with Gasteiger partial charge in [0.25, 0.3) is 0 Å². The molecular weight excluding hydrogens is 827 g/mol. The Kier molecular flexibility index (Phi) is 9.33. The largest absolute Gasteiger partial charge is 0.310 e. The number of para-hydroxylation sites is 1. The molecule has 2 heteroatoms. The minimum Gasteiger partial charge on any atom is -0.310 e. The maximum absolute atomic E-state index is 2.49. The summed E-state index contributed by atoms with van der Waals surface area (Å²) >= 11 is 1.88. The highest BCUT2D eigenvalue weighted by Crippen LogP contribution is 2.57. The van der Waals surface area contributed by atoms with Crippen LogP contribution in [0.25, 0.3) is 75.5 Å². The van der Waals surface area contributed by atoms with Gasteiger partial charge in [-0.05, 0) is 114 Å². The summed E-state index contributed by atoms with van der Waals surface area (Å²) in [5.41, 5.74) is 17.6. The Morgan fingerprint density at radius 2 is 0.866 bits per heavy atom. The van der Waals surface area contributed by atoms with Gasteiger partial charge in [-0.15, -0.1) is 11.3 Å². The summed E-state index contributed by atoms with van der Waals surface area (Å²) in [6, 6.07) is 96.4. The lowest BCUT2D eigenvalue weighted by molar-refractivity contribution is 0.768. The minimum absolute atomic E-state index is 0.537. The number of hydrogen-bond acceptors (Lipinski definition) is 2. The van der Waals surface area contributed by atoms with Crippen LogP contribution in [-0.2, 0) is 5.41 Å². The molecule has 0 amide bonds. The van der Waals surface area contributed by atoms with Crippen molar-refractivity contribution in [1.29, 1.82) is 0 Å². The quantitative estimate of drug-likeness (QED) is 0.147. The second-order valence-electron chi connectivity index (χ2n) is 17.5. The highest BCUT2D eigenvalue weighted by molar-refractivity contribution is 7.26. The molecule has 0 aliphatic heterocycles. The van der Waals surface area contributed by atoms with Crippen molar-refractivity contribution in [3.8, 4) is 44.5 Å². The highest BCUT2D eigenvalue weighted by atomic mass is 32.1. The summed E-state index contributed by atoms with van der Waals surface area (Å²) in [6.45, 7) is 0. The Hall–Kier alpha value is -8.30. The van der Waals surface area contributed by atoms with Crippen LogP contribution in [0.1, 0.15) is 22.3 Å². The summed E-state index contributed by atoms with van der Waals surface area (Å²) in [5, 5.41) is 5.08.